The number of hydrogen-bond acceptors (Lipinski definition) is 6. The summed E-state index contributed by atoms with van der Waals surface area (Å²) in [6.07, 6.45) is 6.82. The van der Waals surface area contributed by atoms with Gasteiger partial charge in [-0.15, -0.1) is 0 Å². The zero-order valence-corrected chi connectivity index (χ0v) is 17.6. The number of piperidine rings is 1. The third kappa shape index (κ3) is 4.55. The maximum Gasteiger partial charge on any atom is 0.233 e. The van der Waals surface area contributed by atoms with Gasteiger partial charge in [0.05, 0.1) is 29.6 Å². The lowest BCUT2D eigenvalue weighted by Gasteiger charge is -2.32. The number of amides is 4. The molecule has 2 saturated heterocycles. The smallest absolute Gasteiger partial charge is 0.233 e. The largest absolute Gasteiger partial charge is 0.369 e. The number of pyridine rings is 1. The van der Waals surface area contributed by atoms with Crippen LogP contribution in [0.25, 0.3) is 0 Å². The maximum absolute atomic E-state index is 12.5. The van der Waals surface area contributed by atoms with E-state index in [2.05, 4.69) is 10.3 Å². The normalized spacial score (nSPS) is 26.0. The zero-order valence-electron chi connectivity index (χ0n) is 17.6. The van der Waals surface area contributed by atoms with Crippen molar-refractivity contribution in [2.75, 3.05) is 29.9 Å². The number of fused-ring (bicyclic) bond motifs is 1. The summed E-state index contributed by atoms with van der Waals surface area (Å²) in [6.45, 7) is 1.47. The molecule has 1 aliphatic carbocycles. The molecular weight excluding hydrogens is 398 g/mol. The lowest BCUT2D eigenvalue weighted by molar-refractivity contribution is -0.140. The molecule has 1 saturated carbocycles. The van der Waals surface area contributed by atoms with Gasteiger partial charge < -0.3 is 16.0 Å². The Balaban J connectivity index is 1.29. The van der Waals surface area contributed by atoms with E-state index in [9.17, 15) is 19.2 Å². The summed E-state index contributed by atoms with van der Waals surface area (Å²) in [7, 11) is 0. The Bertz CT molecular complexity index is 847. The van der Waals surface area contributed by atoms with Crippen LogP contribution < -0.4 is 16.0 Å². The van der Waals surface area contributed by atoms with Crippen LogP contribution in [0.1, 0.15) is 44.9 Å². The van der Waals surface area contributed by atoms with E-state index < -0.39 is 0 Å². The summed E-state index contributed by atoms with van der Waals surface area (Å²) in [5.41, 5.74) is 5.98. The lowest BCUT2D eigenvalue weighted by atomic mass is 9.81. The molecule has 9 nitrogen and oxygen atoms in total. The monoisotopic (exact) mass is 427 g/mol. The summed E-state index contributed by atoms with van der Waals surface area (Å²) >= 11 is 0. The van der Waals surface area contributed by atoms with E-state index in [0.29, 0.717) is 12.2 Å². The second kappa shape index (κ2) is 9.03. The molecule has 2 aliphatic heterocycles. The van der Waals surface area contributed by atoms with Crippen LogP contribution in [0.2, 0.25) is 0 Å². The molecule has 3 N–H and O–H groups in total. The van der Waals surface area contributed by atoms with Gasteiger partial charge in [0.2, 0.25) is 23.6 Å². The molecule has 3 fully saturated rings. The van der Waals surface area contributed by atoms with E-state index in [4.69, 9.17) is 5.73 Å². The van der Waals surface area contributed by atoms with Crippen molar-refractivity contribution >= 4 is 35.1 Å². The minimum absolute atomic E-state index is 0.0606. The molecule has 0 bridgehead atoms. The molecule has 3 unspecified atom stereocenters. The number of likely N-dealkylation sites (tertiary alicyclic amines) is 1. The second-order valence-electron chi connectivity index (χ2n) is 8.72. The van der Waals surface area contributed by atoms with Crippen molar-refractivity contribution < 1.29 is 19.2 Å². The van der Waals surface area contributed by atoms with E-state index in [1.165, 1.54) is 4.90 Å². The highest BCUT2D eigenvalue weighted by Crippen LogP contribution is 2.38. The van der Waals surface area contributed by atoms with Crippen LogP contribution in [0.4, 0.5) is 11.5 Å². The molecule has 0 radical (unpaired) electrons. The number of rotatable bonds is 6. The number of nitrogens with two attached hydrogens (primary N) is 1. The van der Waals surface area contributed by atoms with Crippen molar-refractivity contribution in [2.24, 2.45) is 23.5 Å². The highest BCUT2D eigenvalue weighted by molar-refractivity contribution is 6.05. The Labute approximate surface area is 181 Å². The Kier molecular flexibility index (Phi) is 6.20. The first-order chi connectivity index (χ1) is 14.9. The first-order valence-electron chi connectivity index (χ1n) is 11.1. The standard InChI is InChI=1S/C22H29N5O4/c23-20(29)14-4-3-10-26(13-14)18-8-7-15(12-24-18)25-19(28)9-11-27-21(30)16-5-1-2-6-17(16)22(27)31/h7-8,12,14,16-17H,1-6,9-11,13H2,(H2,23,29)(H,25,28). The van der Waals surface area contributed by atoms with Gasteiger partial charge in [-0.1, -0.05) is 12.8 Å². The topological polar surface area (TPSA) is 126 Å². The minimum atomic E-state index is -0.289. The fourth-order valence-corrected chi connectivity index (χ4v) is 4.95. The minimum Gasteiger partial charge on any atom is -0.369 e. The van der Waals surface area contributed by atoms with Crippen molar-refractivity contribution in [1.82, 2.24) is 9.88 Å². The molecule has 1 aromatic rings. The van der Waals surface area contributed by atoms with E-state index in [1.54, 1.807) is 18.3 Å². The molecule has 1 aromatic heterocycles. The number of anilines is 2. The summed E-state index contributed by atoms with van der Waals surface area (Å²) in [4.78, 5) is 56.5. The van der Waals surface area contributed by atoms with Gasteiger partial charge in [-0.05, 0) is 37.8 Å². The molecule has 0 spiro atoms. The van der Waals surface area contributed by atoms with E-state index in [1.807, 2.05) is 4.90 Å². The Morgan fingerprint density at radius 1 is 1.06 bits per heavy atom. The Morgan fingerprint density at radius 2 is 1.77 bits per heavy atom. The highest BCUT2D eigenvalue weighted by atomic mass is 16.2. The number of hydrogen-bond donors (Lipinski definition) is 2. The number of carbonyl (C=O) groups is 4. The lowest BCUT2D eigenvalue weighted by Crippen LogP contribution is -2.41. The maximum atomic E-state index is 12.5. The predicted octanol–water partition coefficient (Wildman–Crippen LogP) is 1.29. The van der Waals surface area contributed by atoms with Crippen LogP contribution in [-0.4, -0.2) is 53.1 Å². The second-order valence-corrected chi connectivity index (χ2v) is 8.72. The van der Waals surface area contributed by atoms with Crippen LogP contribution in [0.5, 0.6) is 0 Å². The van der Waals surface area contributed by atoms with Gasteiger partial charge in [0, 0.05) is 26.1 Å². The third-order valence-electron chi connectivity index (χ3n) is 6.67. The number of nitrogens with one attached hydrogen (secondary N) is 1. The number of aromatic nitrogens is 1. The number of carbonyl (C=O) groups excluding carboxylic acids is 4. The van der Waals surface area contributed by atoms with Crippen molar-refractivity contribution in [3.63, 3.8) is 0 Å². The predicted molar refractivity (Wildman–Crippen MR) is 114 cm³/mol. The van der Waals surface area contributed by atoms with Crippen molar-refractivity contribution in [3.05, 3.63) is 18.3 Å². The van der Waals surface area contributed by atoms with Crippen LogP contribution in [0.15, 0.2) is 18.3 Å². The molecule has 166 valence electrons. The van der Waals surface area contributed by atoms with Gasteiger partial charge in [-0.3, -0.25) is 24.1 Å². The average Bonchev–Trinajstić information content (AvgIpc) is 3.03. The van der Waals surface area contributed by atoms with Crippen molar-refractivity contribution in [2.45, 2.75) is 44.9 Å². The molecule has 0 aromatic carbocycles. The molecule has 3 atom stereocenters. The van der Waals surface area contributed by atoms with Crippen molar-refractivity contribution in [1.29, 1.82) is 0 Å². The number of imide groups is 1. The van der Waals surface area contributed by atoms with Gasteiger partial charge in [0.25, 0.3) is 0 Å². The van der Waals surface area contributed by atoms with E-state index in [0.717, 1.165) is 50.9 Å². The molecule has 3 heterocycles. The fourth-order valence-electron chi connectivity index (χ4n) is 4.95. The SMILES string of the molecule is NC(=O)C1CCCN(c2ccc(NC(=O)CCN3C(=O)C4CCCCC4C3=O)cn2)C1. The summed E-state index contributed by atoms with van der Waals surface area (Å²) in [5.74, 6) is -0.613. The third-order valence-corrected chi connectivity index (χ3v) is 6.67. The molecule has 31 heavy (non-hydrogen) atoms. The van der Waals surface area contributed by atoms with Crippen LogP contribution in [0, 0.1) is 17.8 Å². The quantitative estimate of drug-likeness (QED) is 0.659. The van der Waals surface area contributed by atoms with Crippen molar-refractivity contribution in [3.8, 4) is 0 Å². The van der Waals surface area contributed by atoms with Gasteiger partial charge in [-0.2, -0.15) is 0 Å². The van der Waals surface area contributed by atoms with Crippen LogP contribution in [-0.2, 0) is 19.2 Å². The highest BCUT2D eigenvalue weighted by Gasteiger charge is 2.47. The first kappa shape index (κ1) is 21.3. The molecule has 9 heteroatoms. The Morgan fingerprint density at radius 3 is 2.39 bits per heavy atom. The van der Waals surface area contributed by atoms with Gasteiger partial charge in [0.1, 0.15) is 5.82 Å². The number of primary amides is 1. The van der Waals surface area contributed by atoms with Crippen LogP contribution >= 0.6 is 0 Å². The summed E-state index contributed by atoms with van der Waals surface area (Å²) < 4.78 is 0. The molecule has 4 rings (SSSR count). The Hall–Kier alpha value is -2.97. The number of nitrogens with zero attached hydrogens (tertiary/aromatic N) is 3. The van der Waals surface area contributed by atoms with Gasteiger partial charge in [-0.25, -0.2) is 4.98 Å². The van der Waals surface area contributed by atoms with Gasteiger partial charge in [0.15, 0.2) is 0 Å². The summed E-state index contributed by atoms with van der Waals surface area (Å²) in [6, 6.07) is 3.56. The fraction of sp³-hybridized carbons (Fsp3) is 0.591. The zero-order chi connectivity index (χ0) is 22.0. The first-order valence-corrected chi connectivity index (χ1v) is 11.1. The van der Waals surface area contributed by atoms with E-state index in [-0.39, 0.29) is 54.3 Å². The summed E-state index contributed by atoms with van der Waals surface area (Å²) in [5, 5.41) is 2.77. The van der Waals surface area contributed by atoms with Crippen LogP contribution in [0.3, 0.4) is 0 Å². The average molecular weight is 428 g/mol. The van der Waals surface area contributed by atoms with Gasteiger partial charge >= 0.3 is 0 Å². The molecular formula is C22H29N5O4. The molecule has 3 aliphatic rings. The van der Waals surface area contributed by atoms with E-state index >= 15 is 0 Å². The molecule has 4 amide bonds.